The van der Waals surface area contributed by atoms with Crippen molar-refractivity contribution in [2.75, 3.05) is 6.61 Å². The highest BCUT2D eigenvalue weighted by molar-refractivity contribution is 6.03. The van der Waals surface area contributed by atoms with Crippen molar-refractivity contribution in [2.24, 2.45) is 40.4 Å². The number of H-pyrrole nitrogens is 1. The summed E-state index contributed by atoms with van der Waals surface area (Å²) in [5, 5.41) is 81.8. The molecule has 11 rings (SSSR count). The second kappa shape index (κ2) is 15.7. The SMILES string of the molecule is OCCC1CC(c2ccc(CCc3c(O)c(O)c4c(O)cccc4c3C=Cc3ccc(O)c(O)c3)cc2)NC2C1CC1CCCC13CCC14CCCC1C=CC(O)C4C23c1cnc[nH]1. The molecule has 2 heterocycles. The number of hydrogen-bond donors (Lipinski definition) is 9. The number of nitrogens with one attached hydrogen (secondary N) is 2. The molecule has 10 heteroatoms. The average molecular weight is 864 g/mol. The Bertz CT molecular complexity index is 2630. The van der Waals surface area contributed by atoms with Crippen molar-refractivity contribution in [3.05, 3.63) is 119 Å². The van der Waals surface area contributed by atoms with Gasteiger partial charge >= 0.3 is 0 Å². The molecule has 0 amide bonds. The maximum Gasteiger partial charge on any atom is 0.169 e. The van der Waals surface area contributed by atoms with Crippen LogP contribution in [0.15, 0.2) is 85.3 Å². The summed E-state index contributed by atoms with van der Waals surface area (Å²) in [5.41, 5.74) is 4.97. The number of phenols is 5. The summed E-state index contributed by atoms with van der Waals surface area (Å²) >= 11 is 0. The maximum atomic E-state index is 12.5. The molecule has 334 valence electrons. The molecule has 2 spiro atoms. The average Bonchev–Trinajstić information content (AvgIpc) is 4.09. The van der Waals surface area contributed by atoms with Gasteiger partial charge in [0, 0.05) is 47.5 Å². The third kappa shape index (κ3) is 6.04. The Hall–Kier alpha value is -5.29. The standard InChI is InChI=1S/C54H61N3O7/c58-25-20-34-27-41(57-51-40(34)28-36-5-3-22-53(36)24-23-52-21-2-4-35(52)15-19-44(61)50(52)54(51,53)46-29-55-30-56-46)33-13-8-31(9-14-33)10-17-39-37(16-11-32-12-18-42(59)45(62)26-32)38-6-1-7-43(60)47(38)49(64)48(39)63/h1,6-9,11-16,18-19,26,29-30,34-36,40-41,44,50-51,57-64H,2-5,10,17,20-25,27-28H2,(H,55,56). The van der Waals surface area contributed by atoms with Crippen molar-refractivity contribution in [2.45, 2.75) is 107 Å². The fraction of sp³-hybridized carbons (Fsp3) is 0.463. The first-order valence-corrected chi connectivity index (χ1v) is 23.8. The van der Waals surface area contributed by atoms with Gasteiger partial charge in [-0.15, -0.1) is 0 Å². The number of aromatic hydroxyl groups is 5. The number of aliphatic hydroxyl groups is 2. The van der Waals surface area contributed by atoms with Crippen molar-refractivity contribution in [3.63, 3.8) is 0 Å². The first kappa shape index (κ1) is 41.4. The Morgan fingerprint density at radius 2 is 1.64 bits per heavy atom. The highest BCUT2D eigenvalue weighted by Gasteiger charge is 2.77. The zero-order valence-electron chi connectivity index (χ0n) is 36.3. The van der Waals surface area contributed by atoms with Crippen LogP contribution in [0.3, 0.4) is 0 Å². The number of imidazole rings is 1. The lowest BCUT2D eigenvalue weighted by molar-refractivity contribution is -0.204. The number of nitrogens with zero attached hydrogens (tertiary/aromatic N) is 1. The van der Waals surface area contributed by atoms with E-state index >= 15 is 0 Å². The predicted molar refractivity (Wildman–Crippen MR) is 247 cm³/mol. The lowest BCUT2D eigenvalue weighted by atomic mass is 9.32. The molecule has 5 aromatic rings. The van der Waals surface area contributed by atoms with E-state index in [9.17, 15) is 35.7 Å². The van der Waals surface area contributed by atoms with Crippen LogP contribution in [-0.2, 0) is 18.3 Å². The number of allylic oxidation sites excluding steroid dienone is 1. The van der Waals surface area contributed by atoms with Gasteiger partial charge in [-0.05, 0) is 151 Å². The molecule has 10 nitrogen and oxygen atoms in total. The number of benzene rings is 4. The van der Waals surface area contributed by atoms with Gasteiger partial charge in [0.1, 0.15) is 5.75 Å². The Balaban J connectivity index is 0.940. The second-order valence-corrected chi connectivity index (χ2v) is 20.4. The van der Waals surface area contributed by atoms with Crippen molar-refractivity contribution in [1.29, 1.82) is 0 Å². The number of aliphatic hydroxyl groups excluding tert-OH is 2. The summed E-state index contributed by atoms with van der Waals surface area (Å²) in [6.45, 7) is 0.151. The normalized spacial score (nSPS) is 34.0. The van der Waals surface area contributed by atoms with Crippen LogP contribution in [0.5, 0.6) is 28.7 Å². The van der Waals surface area contributed by atoms with Crippen LogP contribution in [-0.4, -0.2) is 64.5 Å². The van der Waals surface area contributed by atoms with Gasteiger partial charge in [-0.25, -0.2) is 4.98 Å². The van der Waals surface area contributed by atoms with Gasteiger partial charge in [-0.1, -0.05) is 79.6 Å². The zero-order valence-corrected chi connectivity index (χ0v) is 36.3. The second-order valence-electron chi connectivity index (χ2n) is 20.4. The summed E-state index contributed by atoms with van der Waals surface area (Å²) < 4.78 is 0. The summed E-state index contributed by atoms with van der Waals surface area (Å²) in [5.74, 6) is 0.494. The molecule has 9 N–H and O–H groups in total. The van der Waals surface area contributed by atoms with Crippen LogP contribution in [0.25, 0.3) is 22.9 Å². The number of hydrogen-bond acceptors (Lipinski definition) is 9. The van der Waals surface area contributed by atoms with Crippen molar-refractivity contribution in [3.8, 4) is 28.7 Å². The molecule has 6 aliphatic rings. The third-order valence-corrected chi connectivity index (χ3v) is 18.0. The first-order valence-electron chi connectivity index (χ1n) is 23.8. The van der Waals surface area contributed by atoms with Gasteiger partial charge < -0.3 is 46.0 Å². The fourth-order valence-electron chi connectivity index (χ4n) is 15.6. The molecule has 4 aromatic carbocycles. The molecule has 4 saturated carbocycles. The van der Waals surface area contributed by atoms with Crippen LogP contribution < -0.4 is 5.32 Å². The maximum absolute atomic E-state index is 12.5. The quantitative estimate of drug-likeness (QED) is 0.0396. The van der Waals surface area contributed by atoms with Crippen molar-refractivity contribution in [1.82, 2.24) is 15.3 Å². The molecule has 0 bridgehead atoms. The van der Waals surface area contributed by atoms with E-state index in [1.165, 1.54) is 74.4 Å². The number of piperidine rings is 1. The highest BCUT2D eigenvalue weighted by atomic mass is 16.3. The fourth-order valence-corrected chi connectivity index (χ4v) is 15.6. The molecular weight excluding hydrogens is 803 g/mol. The number of aromatic amines is 1. The number of rotatable bonds is 9. The van der Waals surface area contributed by atoms with E-state index in [-0.39, 0.29) is 75.0 Å². The number of aryl methyl sites for hydroxylation is 1. The van der Waals surface area contributed by atoms with Crippen LogP contribution in [0, 0.1) is 40.4 Å². The Morgan fingerprint density at radius 3 is 2.44 bits per heavy atom. The van der Waals surface area contributed by atoms with E-state index in [2.05, 4.69) is 52.9 Å². The first-order chi connectivity index (χ1) is 31.1. The van der Waals surface area contributed by atoms with E-state index in [0.717, 1.165) is 31.2 Å². The number of aromatic nitrogens is 2. The summed E-state index contributed by atoms with van der Waals surface area (Å²) in [6.07, 6.45) is 24.8. The minimum absolute atomic E-state index is 0.0415. The van der Waals surface area contributed by atoms with Gasteiger partial charge in [0.25, 0.3) is 0 Å². The van der Waals surface area contributed by atoms with E-state index in [1.807, 2.05) is 6.33 Å². The number of phenolic OH excluding ortho intramolecular Hbond substituents is 5. The van der Waals surface area contributed by atoms with Crippen LogP contribution in [0.1, 0.15) is 110 Å². The van der Waals surface area contributed by atoms with Gasteiger partial charge in [0.2, 0.25) is 0 Å². The summed E-state index contributed by atoms with van der Waals surface area (Å²) in [7, 11) is 0. The molecule has 1 saturated heterocycles. The van der Waals surface area contributed by atoms with Gasteiger partial charge in [-0.2, -0.15) is 0 Å². The van der Waals surface area contributed by atoms with Crippen LogP contribution >= 0.6 is 0 Å². The van der Waals surface area contributed by atoms with E-state index in [4.69, 9.17) is 4.98 Å². The molecule has 11 atom stereocenters. The molecule has 1 aliphatic heterocycles. The minimum atomic E-state index is -0.542. The van der Waals surface area contributed by atoms with Crippen LogP contribution in [0.4, 0.5) is 0 Å². The Kier molecular flexibility index (Phi) is 10.2. The zero-order chi connectivity index (χ0) is 44.0. The molecular formula is C54H61N3O7. The predicted octanol–water partition coefficient (Wildman–Crippen LogP) is 9.32. The smallest absolute Gasteiger partial charge is 0.169 e. The number of fused-ring (bicyclic) bond motifs is 4. The highest BCUT2D eigenvalue weighted by Crippen LogP contribution is 2.78. The molecule has 0 radical (unpaired) electrons. The lowest BCUT2D eigenvalue weighted by Crippen LogP contribution is -2.77. The Labute approximate surface area is 374 Å². The lowest BCUT2D eigenvalue weighted by Gasteiger charge is -2.73. The minimum Gasteiger partial charge on any atom is -0.507 e. The van der Waals surface area contributed by atoms with Gasteiger partial charge in [0.15, 0.2) is 23.0 Å². The Morgan fingerprint density at radius 1 is 0.797 bits per heavy atom. The molecule has 1 aromatic heterocycles. The van der Waals surface area contributed by atoms with Crippen molar-refractivity contribution >= 4 is 22.9 Å². The van der Waals surface area contributed by atoms with E-state index < -0.39 is 6.10 Å². The topological polar surface area (TPSA) is 182 Å². The van der Waals surface area contributed by atoms with Gasteiger partial charge in [-0.3, -0.25) is 0 Å². The molecule has 5 fully saturated rings. The van der Waals surface area contributed by atoms with Crippen LogP contribution in [0.2, 0.25) is 0 Å². The molecule has 5 aliphatic carbocycles. The van der Waals surface area contributed by atoms with Crippen molar-refractivity contribution < 1.29 is 35.7 Å². The summed E-state index contributed by atoms with van der Waals surface area (Å²) in [6, 6.07) is 18.4. The molecule has 11 unspecified atom stereocenters. The monoisotopic (exact) mass is 863 g/mol. The third-order valence-electron chi connectivity index (χ3n) is 18.0. The summed E-state index contributed by atoms with van der Waals surface area (Å²) in [4.78, 5) is 8.48. The molecule has 64 heavy (non-hydrogen) atoms. The largest absolute Gasteiger partial charge is 0.507 e. The van der Waals surface area contributed by atoms with Gasteiger partial charge in [0.05, 0.1) is 17.8 Å². The van der Waals surface area contributed by atoms with E-state index in [1.54, 1.807) is 30.4 Å². The van der Waals surface area contributed by atoms with E-state index in [0.29, 0.717) is 58.6 Å².